The third-order valence-electron chi connectivity index (χ3n) is 7.09. The number of nitrogens with zero attached hydrogens (tertiary/aromatic N) is 1. The van der Waals surface area contributed by atoms with Crippen molar-refractivity contribution in [2.75, 3.05) is 19.4 Å². The summed E-state index contributed by atoms with van der Waals surface area (Å²) in [6.07, 6.45) is 11.1. The summed E-state index contributed by atoms with van der Waals surface area (Å²) in [5.41, 5.74) is 5.22. The standard InChI is InChI=1S/C26H49N3O6S/c1-19(2)17-23(25(30)27-29(18-20(3)4)36(5,32)33)22(15-14-21-11-7-6-8-12-21)26(31)28-35-24-13-9-10-16-34-24/h19-24H,6-18H2,1-5H3,(H,27,30)(H,28,31)/t22-,23+,24?/m0/s1. The van der Waals surface area contributed by atoms with Crippen LogP contribution in [0.3, 0.4) is 0 Å². The number of amides is 2. The fraction of sp³-hybridized carbons (Fsp3) is 0.923. The van der Waals surface area contributed by atoms with Crippen molar-refractivity contribution in [2.45, 2.75) is 105 Å². The van der Waals surface area contributed by atoms with E-state index in [4.69, 9.17) is 9.57 Å². The Hall–Kier alpha value is -1.23. The lowest BCUT2D eigenvalue weighted by atomic mass is 9.78. The summed E-state index contributed by atoms with van der Waals surface area (Å²) in [6.45, 7) is 8.56. The predicted molar refractivity (Wildman–Crippen MR) is 140 cm³/mol. The number of carbonyl (C=O) groups is 2. The van der Waals surface area contributed by atoms with Crippen LogP contribution in [0.15, 0.2) is 0 Å². The van der Waals surface area contributed by atoms with E-state index in [2.05, 4.69) is 10.9 Å². The molecule has 1 heterocycles. The monoisotopic (exact) mass is 531 g/mol. The highest BCUT2D eigenvalue weighted by atomic mass is 32.2. The molecule has 1 saturated carbocycles. The van der Waals surface area contributed by atoms with Crippen molar-refractivity contribution in [3.8, 4) is 0 Å². The molecule has 2 N–H and O–H groups in total. The van der Waals surface area contributed by atoms with E-state index in [1.165, 1.54) is 19.3 Å². The van der Waals surface area contributed by atoms with Crippen molar-refractivity contribution < 1.29 is 27.6 Å². The van der Waals surface area contributed by atoms with Gasteiger partial charge < -0.3 is 4.74 Å². The van der Waals surface area contributed by atoms with Gasteiger partial charge in [0.05, 0.1) is 18.1 Å². The molecule has 0 aromatic rings. The Morgan fingerprint density at radius 3 is 2.17 bits per heavy atom. The van der Waals surface area contributed by atoms with E-state index in [-0.39, 0.29) is 24.3 Å². The van der Waals surface area contributed by atoms with Gasteiger partial charge in [-0.1, -0.05) is 59.8 Å². The number of carbonyl (C=O) groups excluding carboxylic acids is 2. The first-order valence-corrected chi connectivity index (χ1v) is 15.7. The van der Waals surface area contributed by atoms with Gasteiger partial charge in [0.25, 0.3) is 0 Å². The quantitative estimate of drug-likeness (QED) is 0.326. The molecule has 10 heteroatoms. The van der Waals surface area contributed by atoms with Gasteiger partial charge >= 0.3 is 0 Å². The van der Waals surface area contributed by atoms with Crippen molar-refractivity contribution in [2.24, 2.45) is 29.6 Å². The molecule has 1 aliphatic carbocycles. The lowest BCUT2D eigenvalue weighted by Gasteiger charge is -2.32. The Balaban J connectivity index is 2.21. The highest BCUT2D eigenvalue weighted by molar-refractivity contribution is 7.88. The number of hydroxylamine groups is 1. The summed E-state index contributed by atoms with van der Waals surface area (Å²) in [6, 6.07) is 0. The minimum atomic E-state index is -3.66. The first kappa shape index (κ1) is 31.0. The molecule has 0 spiro atoms. The van der Waals surface area contributed by atoms with Crippen LogP contribution in [-0.4, -0.2) is 50.3 Å². The molecule has 1 aliphatic heterocycles. The van der Waals surface area contributed by atoms with Gasteiger partial charge in [-0.3, -0.25) is 15.0 Å². The normalized spacial score (nSPS) is 21.5. The van der Waals surface area contributed by atoms with Gasteiger partial charge in [-0.2, -0.15) is 0 Å². The summed E-state index contributed by atoms with van der Waals surface area (Å²) < 4.78 is 31.3. The number of sulfonamides is 1. The van der Waals surface area contributed by atoms with Crippen molar-refractivity contribution >= 4 is 21.8 Å². The summed E-state index contributed by atoms with van der Waals surface area (Å²) in [5.74, 6) is -1.36. The average Bonchev–Trinajstić information content (AvgIpc) is 2.82. The third-order valence-corrected chi connectivity index (χ3v) is 8.13. The number of hydrogen-bond acceptors (Lipinski definition) is 6. The minimum absolute atomic E-state index is 0.0258. The lowest BCUT2D eigenvalue weighted by Crippen LogP contribution is -2.52. The van der Waals surface area contributed by atoms with Crippen LogP contribution in [-0.2, 0) is 29.2 Å². The largest absolute Gasteiger partial charge is 0.350 e. The molecule has 9 nitrogen and oxygen atoms in total. The SMILES string of the molecule is CC(C)C[C@@H](C(=O)NN(CC(C)C)S(C)(=O)=O)[C@H](CCC1CCCCC1)C(=O)NOC1CCCCO1. The summed E-state index contributed by atoms with van der Waals surface area (Å²) >= 11 is 0. The second-order valence-electron chi connectivity index (χ2n) is 11.5. The van der Waals surface area contributed by atoms with Crippen molar-refractivity contribution in [1.82, 2.24) is 15.3 Å². The van der Waals surface area contributed by atoms with Crippen LogP contribution in [0.2, 0.25) is 0 Å². The second-order valence-corrected chi connectivity index (χ2v) is 13.4. The molecule has 2 fully saturated rings. The maximum absolute atomic E-state index is 13.6. The van der Waals surface area contributed by atoms with E-state index in [0.717, 1.165) is 42.8 Å². The molecule has 1 saturated heterocycles. The van der Waals surface area contributed by atoms with Crippen molar-refractivity contribution in [3.05, 3.63) is 0 Å². The molecule has 0 radical (unpaired) electrons. The molecular formula is C26H49N3O6S. The fourth-order valence-corrected chi connectivity index (χ4v) is 6.00. The Morgan fingerprint density at radius 1 is 0.944 bits per heavy atom. The molecule has 2 aliphatic rings. The molecule has 1 unspecified atom stereocenters. The van der Waals surface area contributed by atoms with Crippen LogP contribution in [0.5, 0.6) is 0 Å². The van der Waals surface area contributed by atoms with E-state index in [0.29, 0.717) is 31.8 Å². The van der Waals surface area contributed by atoms with Gasteiger partial charge in [-0.15, -0.1) is 4.41 Å². The van der Waals surface area contributed by atoms with Gasteiger partial charge in [0, 0.05) is 19.6 Å². The summed E-state index contributed by atoms with van der Waals surface area (Å²) in [7, 11) is -3.66. The molecule has 0 aromatic carbocycles. The highest BCUT2D eigenvalue weighted by Gasteiger charge is 2.37. The van der Waals surface area contributed by atoms with Crippen LogP contribution in [0.25, 0.3) is 0 Å². The Bertz CT molecular complexity index is 777. The molecule has 0 bridgehead atoms. The molecule has 3 atom stereocenters. The van der Waals surface area contributed by atoms with E-state index in [9.17, 15) is 18.0 Å². The Morgan fingerprint density at radius 2 is 1.61 bits per heavy atom. The van der Waals surface area contributed by atoms with Gasteiger partial charge in [-0.05, 0) is 49.9 Å². The first-order chi connectivity index (χ1) is 17.0. The first-order valence-electron chi connectivity index (χ1n) is 13.8. The second kappa shape index (κ2) is 15.2. The number of hydrogen-bond donors (Lipinski definition) is 2. The van der Waals surface area contributed by atoms with Crippen LogP contribution in [0.1, 0.15) is 98.3 Å². The molecule has 2 rings (SSSR count). The number of ether oxygens (including phenoxy) is 1. The minimum Gasteiger partial charge on any atom is -0.350 e. The van der Waals surface area contributed by atoms with Crippen LogP contribution < -0.4 is 10.9 Å². The van der Waals surface area contributed by atoms with Crippen molar-refractivity contribution in [3.63, 3.8) is 0 Å². The maximum Gasteiger partial charge on any atom is 0.247 e. The molecule has 0 aromatic heterocycles. The zero-order valence-corrected chi connectivity index (χ0v) is 23.8. The van der Waals surface area contributed by atoms with Gasteiger partial charge in [-0.25, -0.2) is 18.7 Å². The molecule has 210 valence electrons. The predicted octanol–water partition coefficient (Wildman–Crippen LogP) is 4.15. The maximum atomic E-state index is 13.6. The Labute approximate surface area is 218 Å². The van der Waals surface area contributed by atoms with E-state index in [1.54, 1.807) is 0 Å². The fourth-order valence-electron chi connectivity index (χ4n) is 5.17. The van der Waals surface area contributed by atoms with Crippen LogP contribution in [0, 0.1) is 29.6 Å². The smallest absolute Gasteiger partial charge is 0.247 e. The average molecular weight is 532 g/mol. The zero-order valence-electron chi connectivity index (χ0n) is 23.0. The number of nitrogens with one attached hydrogen (secondary N) is 2. The van der Waals surface area contributed by atoms with Crippen LogP contribution in [0.4, 0.5) is 0 Å². The van der Waals surface area contributed by atoms with Gasteiger partial charge in [0.1, 0.15) is 0 Å². The topological polar surface area (TPSA) is 114 Å². The molecule has 36 heavy (non-hydrogen) atoms. The molecule has 2 amide bonds. The molecular weight excluding hydrogens is 482 g/mol. The van der Waals surface area contributed by atoms with E-state index in [1.807, 2.05) is 27.7 Å². The lowest BCUT2D eigenvalue weighted by molar-refractivity contribution is -0.203. The number of hydrazine groups is 1. The zero-order chi connectivity index (χ0) is 26.7. The van der Waals surface area contributed by atoms with E-state index >= 15 is 0 Å². The Kier molecular flexibility index (Phi) is 13.1. The van der Waals surface area contributed by atoms with Crippen LogP contribution >= 0.6 is 0 Å². The van der Waals surface area contributed by atoms with Crippen molar-refractivity contribution in [1.29, 1.82) is 0 Å². The highest BCUT2D eigenvalue weighted by Crippen LogP contribution is 2.32. The van der Waals surface area contributed by atoms with Gasteiger partial charge in [0.2, 0.25) is 21.8 Å². The summed E-state index contributed by atoms with van der Waals surface area (Å²) in [5, 5.41) is 0. The third kappa shape index (κ3) is 11.0. The van der Waals surface area contributed by atoms with E-state index < -0.39 is 34.1 Å². The summed E-state index contributed by atoms with van der Waals surface area (Å²) in [4.78, 5) is 32.6. The number of rotatable bonds is 14. The van der Waals surface area contributed by atoms with Gasteiger partial charge in [0.15, 0.2) is 6.29 Å².